The van der Waals surface area contributed by atoms with Crippen LogP contribution in [0.4, 0.5) is 0 Å². The average molecular weight is 266 g/mol. The van der Waals surface area contributed by atoms with E-state index in [0.717, 1.165) is 45.5 Å². The van der Waals surface area contributed by atoms with Crippen molar-refractivity contribution in [3.05, 3.63) is 0 Å². The van der Waals surface area contributed by atoms with Crippen LogP contribution in [0.2, 0.25) is 0 Å². The molecule has 0 bridgehead atoms. The Labute approximate surface area is 116 Å². The molecule has 0 spiro atoms. The summed E-state index contributed by atoms with van der Waals surface area (Å²) in [6, 6.07) is 1.04. The highest BCUT2D eigenvalue weighted by Crippen LogP contribution is 2.34. The van der Waals surface area contributed by atoms with Crippen LogP contribution in [0.15, 0.2) is 0 Å². The summed E-state index contributed by atoms with van der Waals surface area (Å²) in [4.78, 5) is 17.5. The van der Waals surface area contributed by atoms with E-state index in [1.807, 2.05) is 0 Å². The van der Waals surface area contributed by atoms with Gasteiger partial charge in [-0.1, -0.05) is 6.92 Å². The number of likely N-dealkylation sites (tertiary alicyclic amines) is 1. The Hall–Kier alpha value is -0.610. The summed E-state index contributed by atoms with van der Waals surface area (Å²) in [5.41, 5.74) is 0. The van der Waals surface area contributed by atoms with Crippen molar-refractivity contribution in [2.24, 2.45) is 5.92 Å². The summed E-state index contributed by atoms with van der Waals surface area (Å²) in [6.45, 7) is 7.08. The van der Waals surface area contributed by atoms with Gasteiger partial charge < -0.3 is 14.5 Å². The standard InChI is InChI=1S/C15H26N2O2/c1-2-16-8-5-14(6-9-16)17(13-3-4-13)15(18)12-7-10-19-11-12/h12-14H,2-11H2,1H3. The zero-order valence-corrected chi connectivity index (χ0v) is 12.0. The van der Waals surface area contributed by atoms with Crippen molar-refractivity contribution in [3.63, 3.8) is 0 Å². The molecule has 0 radical (unpaired) electrons. The molecule has 0 N–H and O–H groups in total. The molecular formula is C15H26N2O2. The van der Waals surface area contributed by atoms with Gasteiger partial charge in [-0.05, 0) is 38.6 Å². The first kappa shape index (κ1) is 13.4. The van der Waals surface area contributed by atoms with Crippen LogP contribution in [-0.4, -0.2) is 60.6 Å². The third-order valence-corrected chi connectivity index (χ3v) is 4.87. The maximum atomic E-state index is 12.7. The third-order valence-electron chi connectivity index (χ3n) is 4.87. The van der Waals surface area contributed by atoms with Crippen LogP contribution in [0.3, 0.4) is 0 Å². The van der Waals surface area contributed by atoms with Gasteiger partial charge in [-0.3, -0.25) is 4.79 Å². The molecule has 0 aromatic carbocycles. The highest BCUT2D eigenvalue weighted by Gasteiger charge is 2.41. The van der Waals surface area contributed by atoms with Gasteiger partial charge in [-0.25, -0.2) is 0 Å². The summed E-state index contributed by atoms with van der Waals surface area (Å²) in [5, 5.41) is 0. The number of ether oxygens (including phenoxy) is 1. The number of hydrogen-bond acceptors (Lipinski definition) is 3. The van der Waals surface area contributed by atoms with Crippen molar-refractivity contribution >= 4 is 5.91 Å². The van der Waals surface area contributed by atoms with Gasteiger partial charge in [0.15, 0.2) is 0 Å². The molecule has 0 aromatic heterocycles. The van der Waals surface area contributed by atoms with Gasteiger partial charge in [0.25, 0.3) is 0 Å². The number of carbonyl (C=O) groups is 1. The highest BCUT2D eigenvalue weighted by molar-refractivity contribution is 5.80. The van der Waals surface area contributed by atoms with Crippen molar-refractivity contribution in [1.29, 1.82) is 0 Å². The van der Waals surface area contributed by atoms with E-state index in [9.17, 15) is 4.79 Å². The summed E-state index contributed by atoms with van der Waals surface area (Å²) in [6.07, 6.45) is 5.67. The fraction of sp³-hybridized carbons (Fsp3) is 0.933. The number of piperidine rings is 1. The minimum atomic E-state index is 0.143. The Bertz CT molecular complexity index is 316. The number of carbonyl (C=O) groups excluding carboxylic acids is 1. The molecule has 1 saturated carbocycles. The lowest BCUT2D eigenvalue weighted by Gasteiger charge is -2.39. The summed E-state index contributed by atoms with van der Waals surface area (Å²) in [5.74, 6) is 0.528. The van der Waals surface area contributed by atoms with Crippen LogP contribution in [0.5, 0.6) is 0 Å². The lowest BCUT2D eigenvalue weighted by atomic mass is 9.99. The van der Waals surface area contributed by atoms with Gasteiger partial charge in [0.1, 0.15) is 0 Å². The molecule has 3 fully saturated rings. The Morgan fingerprint density at radius 1 is 1.16 bits per heavy atom. The van der Waals surface area contributed by atoms with Crippen molar-refractivity contribution in [3.8, 4) is 0 Å². The molecule has 0 aromatic rings. The molecule has 1 amide bonds. The largest absolute Gasteiger partial charge is 0.381 e. The Morgan fingerprint density at radius 3 is 2.37 bits per heavy atom. The molecular weight excluding hydrogens is 240 g/mol. The van der Waals surface area contributed by atoms with E-state index in [1.165, 1.54) is 12.8 Å². The lowest BCUT2D eigenvalue weighted by Crippen LogP contribution is -2.50. The summed E-state index contributed by atoms with van der Waals surface area (Å²) in [7, 11) is 0. The van der Waals surface area contributed by atoms with Gasteiger partial charge in [-0.2, -0.15) is 0 Å². The second-order valence-corrected chi connectivity index (χ2v) is 6.20. The predicted octanol–water partition coefficient (Wildman–Crippen LogP) is 1.50. The molecule has 2 heterocycles. The van der Waals surface area contributed by atoms with Crippen molar-refractivity contribution in [2.45, 2.75) is 51.1 Å². The number of rotatable bonds is 4. The molecule has 4 heteroatoms. The third kappa shape index (κ3) is 2.95. The van der Waals surface area contributed by atoms with E-state index in [-0.39, 0.29) is 5.92 Å². The fourth-order valence-electron chi connectivity index (χ4n) is 3.46. The van der Waals surface area contributed by atoms with Crippen molar-refractivity contribution < 1.29 is 9.53 Å². The van der Waals surface area contributed by atoms with Gasteiger partial charge in [0, 0.05) is 31.8 Å². The molecule has 1 aliphatic carbocycles. The molecule has 2 saturated heterocycles. The molecule has 3 aliphatic rings. The normalized spacial score (nSPS) is 29.6. The van der Waals surface area contributed by atoms with E-state index in [0.29, 0.717) is 24.6 Å². The molecule has 3 rings (SSSR count). The second kappa shape index (κ2) is 5.80. The zero-order chi connectivity index (χ0) is 13.2. The van der Waals surface area contributed by atoms with Crippen LogP contribution >= 0.6 is 0 Å². The quantitative estimate of drug-likeness (QED) is 0.773. The lowest BCUT2D eigenvalue weighted by molar-refractivity contribution is -0.139. The Balaban J connectivity index is 1.62. The fourth-order valence-corrected chi connectivity index (χ4v) is 3.46. The Kier molecular flexibility index (Phi) is 4.08. The maximum Gasteiger partial charge on any atom is 0.228 e. The molecule has 1 atom stereocenters. The van der Waals surface area contributed by atoms with Crippen LogP contribution in [0, 0.1) is 5.92 Å². The summed E-state index contributed by atoms with van der Waals surface area (Å²) >= 11 is 0. The van der Waals surface area contributed by atoms with Crippen molar-refractivity contribution in [1.82, 2.24) is 9.80 Å². The number of hydrogen-bond donors (Lipinski definition) is 0. The van der Waals surface area contributed by atoms with Crippen LogP contribution in [-0.2, 0) is 9.53 Å². The molecule has 4 nitrogen and oxygen atoms in total. The SMILES string of the molecule is CCN1CCC(N(C(=O)C2CCOC2)C2CC2)CC1. The molecule has 19 heavy (non-hydrogen) atoms. The predicted molar refractivity (Wildman–Crippen MR) is 73.9 cm³/mol. The minimum Gasteiger partial charge on any atom is -0.381 e. The monoisotopic (exact) mass is 266 g/mol. The van der Waals surface area contributed by atoms with Gasteiger partial charge >= 0.3 is 0 Å². The first-order chi connectivity index (χ1) is 9.29. The summed E-state index contributed by atoms with van der Waals surface area (Å²) < 4.78 is 5.39. The van der Waals surface area contributed by atoms with Gasteiger partial charge in [-0.15, -0.1) is 0 Å². The van der Waals surface area contributed by atoms with Crippen LogP contribution in [0.25, 0.3) is 0 Å². The first-order valence-electron chi connectivity index (χ1n) is 7.92. The number of nitrogens with zero attached hydrogens (tertiary/aromatic N) is 2. The van der Waals surface area contributed by atoms with E-state index in [1.54, 1.807) is 0 Å². The highest BCUT2D eigenvalue weighted by atomic mass is 16.5. The van der Waals surface area contributed by atoms with Gasteiger partial charge in [0.2, 0.25) is 5.91 Å². The van der Waals surface area contributed by atoms with Crippen LogP contribution in [0.1, 0.15) is 39.0 Å². The average Bonchev–Trinajstić information content (AvgIpc) is 3.12. The van der Waals surface area contributed by atoms with Gasteiger partial charge in [0.05, 0.1) is 12.5 Å². The smallest absolute Gasteiger partial charge is 0.228 e. The molecule has 108 valence electrons. The first-order valence-corrected chi connectivity index (χ1v) is 7.92. The van der Waals surface area contributed by atoms with E-state index >= 15 is 0 Å². The topological polar surface area (TPSA) is 32.8 Å². The van der Waals surface area contributed by atoms with Crippen LogP contribution < -0.4 is 0 Å². The zero-order valence-electron chi connectivity index (χ0n) is 12.0. The molecule has 1 unspecified atom stereocenters. The van der Waals surface area contributed by atoms with E-state index < -0.39 is 0 Å². The van der Waals surface area contributed by atoms with E-state index in [4.69, 9.17) is 4.74 Å². The van der Waals surface area contributed by atoms with E-state index in [2.05, 4.69) is 16.7 Å². The minimum absolute atomic E-state index is 0.143. The Morgan fingerprint density at radius 2 is 1.84 bits per heavy atom. The van der Waals surface area contributed by atoms with Crippen molar-refractivity contribution in [2.75, 3.05) is 32.8 Å². The molecule has 2 aliphatic heterocycles. The second-order valence-electron chi connectivity index (χ2n) is 6.20. The number of amides is 1. The maximum absolute atomic E-state index is 12.7.